The van der Waals surface area contributed by atoms with Crippen LogP contribution in [0.5, 0.6) is 0 Å². The first kappa shape index (κ1) is 22.7. The average molecular weight is 534 g/mol. The molecule has 0 amide bonds. The molecule has 3 aromatic heterocycles. The number of hydrogen-bond acceptors (Lipinski definition) is 10. The standard InChI is InChI=1S/C20H16N5O7PS2/c26-12(27)8-35-20-22-13-16(25(20)18-14(28)15-11(31-18)7-30-33(34)32-15)23-19-21-10(6-24(19)17(13)29)9-4-2-1-3-5-9/h1-6,11,14-15,18,28H,7-8H2,(H-,21,23,26,27,29)/p+1/t11?,14?,15-,18-/m1/s1. The summed E-state index contributed by atoms with van der Waals surface area (Å²) in [4.78, 5) is 36.8. The second-order valence-corrected chi connectivity index (χ2v) is 10.7. The number of rotatable bonds is 5. The van der Waals surface area contributed by atoms with Gasteiger partial charge >= 0.3 is 13.1 Å². The van der Waals surface area contributed by atoms with E-state index in [2.05, 4.69) is 15.0 Å². The minimum absolute atomic E-state index is 0.0161. The van der Waals surface area contributed by atoms with Crippen LogP contribution in [0.1, 0.15) is 6.23 Å². The Kier molecular flexibility index (Phi) is 5.68. The maximum atomic E-state index is 13.4. The van der Waals surface area contributed by atoms with Crippen molar-refractivity contribution in [2.75, 3.05) is 12.4 Å². The number of aliphatic carboxylic acids is 1. The molecule has 0 radical (unpaired) electrons. The summed E-state index contributed by atoms with van der Waals surface area (Å²) >= 11 is 5.99. The van der Waals surface area contributed by atoms with Crippen molar-refractivity contribution in [2.24, 2.45) is 0 Å². The van der Waals surface area contributed by atoms with Gasteiger partial charge < -0.3 is 19.9 Å². The molecule has 5 atom stereocenters. The van der Waals surface area contributed by atoms with Gasteiger partial charge in [-0.2, -0.15) is 4.98 Å². The number of hydrogen-bond donors (Lipinski definition) is 3. The third-order valence-electron chi connectivity index (χ3n) is 5.74. The number of carboxylic acids is 1. The van der Waals surface area contributed by atoms with Gasteiger partial charge in [0.2, 0.25) is 17.6 Å². The summed E-state index contributed by atoms with van der Waals surface area (Å²) in [5, 5.41) is 20.4. The van der Waals surface area contributed by atoms with Gasteiger partial charge in [-0.25, -0.2) is 9.38 Å². The van der Waals surface area contributed by atoms with E-state index < -0.39 is 43.2 Å². The lowest BCUT2D eigenvalue weighted by molar-refractivity contribution is -0.133. The topological polar surface area (TPSA) is 153 Å². The number of carboxylic acid groups (broad SMARTS) is 1. The van der Waals surface area contributed by atoms with Gasteiger partial charge in [0, 0.05) is 6.20 Å². The molecule has 12 nitrogen and oxygen atoms in total. The van der Waals surface area contributed by atoms with Crippen molar-refractivity contribution in [3.63, 3.8) is 0 Å². The molecule has 2 aliphatic rings. The predicted octanol–water partition coefficient (Wildman–Crippen LogP) is 1.66. The highest BCUT2D eigenvalue weighted by Gasteiger charge is 2.54. The highest BCUT2D eigenvalue weighted by Crippen LogP contribution is 2.44. The van der Waals surface area contributed by atoms with E-state index in [0.29, 0.717) is 5.69 Å². The Morgan fingerprint density at radius 2 is 2.11 bits per heavy atom. The highest BCUT2D eigenvalue weighted by atomic mass is 32.4. The Hall–Kier alpha value is -2.71. The van der Waals surface area contributed by atoms with E-state index in [1.54, 1.807) is 6.20 Å². The number of aliphatic hydroxyl groups excluding tert-OH is 1. The van der Waals surface area contributed by atoms with Crippen LogP contribution in [0.15, 0.2) is 46.5 Å². The summed E-state index contributed by atoms with van der Waals surface area (Å²) in [6.45, 7) is 0.148. The van der Waals surface area contributed by atoms with E-state index in [1.807, 2.05) is 30.3 Å². The number of benzene rings is 1. The van der Waals surface area contributed by atoms with Crippen molar-refractivity contribution in [1.82, 2.24) is 23.9 Å². The number of nitrogens with zero attached hydrogens (tertiary/aromatic N) is 4. The Labute approximate surface area is 206 Å². The smallest absolute Gasteiger partial charge is 0.481 e. The molecule has 6 rings (SSSR count). The van der Waals surface area contributed by atoms with Crippen molar-refractivity contribution in [3.8, 4) is 11.3 Å². The lowest BCUT2D eigenvalue weighted by Crippen LogP contribution is -2.37. The zero-order valence-corrected chi connectivity index (χ0v) is 20.2. The molecule has 3 unspecified atom stereocenters. The van der Waals surface area contributed by atoms with Gasteiger partial charge in [0.15, 0.2) is 28.7 Å². The molecule has 1 aromatic carbocycles. The van der Waals surface area contributed by atoms with Crippen LogP contribution in [-0.2, 0) is 30.4 Å². The van der Waals surface area contributed by atoms with Crippen molar-refractivity contribution in [3.05, 3.63) is 46.9 Å². The summed E-state index contributed by atoms with van der Waals surface area (Å²) in [5.74, 6) is -1.11. The maximum Gasteiger partial charge on any atom is 0.522 e. The van der Waals surface area contributed by atoms with E-state index in [-0.39, 0.29) is 34.5 Å². The SMILES string of the molecule is O=C(O)CSc1nc2c(=O)n3cc(-c4ccccc4)[nH]c3nc2n1[C@@H]1OC2CO[P+](=S)O[C@H]2C1O. The maximum absolute atomic E-state index is 13.4. The lowest BCUT2D eigenvalue weighted by Gasteiger charge is -2.18. The molecular formula is C20H17N5O7PS2+. The molecule has 2 fully saturated rings. The van der Waals surface area contributed by atoms with E-state index >= 15 is 0 Å². The number of aliphatic hydroxyl groups is 1. The average Bonchev–Trinajstić information content (AvgIpc) is 3.53. The van der Waals surface area contributed by atoms with Gasteiger partial charge in [0.05, 0.1) is 11.4 Å². The van der Waals surface area contributed by atoms with Gasteiger partial charge in [0.1, 0.15) is 18.8 Å². The van der Waals surface area contributed by atoms with E-state index in [9.17, 15) is 19.8 Å². The van der Waals surface area contributed by atoms with Crippen LogP contribution >= 0.6 is 18.9 Å². The first-order valence-corrected chi connectivity index (χ1v) is 13.6. The normalized spacial score (nSPS) is 25.3. The quantitative estimate of drug-likeness (QED) is 0.253. The lowest BCUT2D eigenvalue weighted by atomic mass is 10.1. The van der Waals surface area contributed by atoms with Gasteiger partial charge in [0.25, 0.3) is 5.56 Å². The van der Waals surface area contributed by atoms with Crippen LogP contribution in [0.2, 0.25) is 0 Å². The molecule has 15 heteroatoms. The number of ether oxygens (including phenoxy) is 1. The molecule has 0 spiro atoms. The number of H-pyrrole nitrogens is 1. The third kappa shape index (κ3) is 3.87. The summed E-state index contributed by atoms with van der Waals surface area (Å²) in [5.41, 5.74) is 1.27. The first-order chi connectivity index (χ1) is 16.9. The molecule has 0 aliphatic carbocycles. The van der Waals surface area contributed by atoms with Gasteiger partial charge in [-0.3, -0.25) is 14.2 Å². The number of thioether (sulfide) groups is 1. The van der Waals surface area contributed by atoms with E-state index in [0.717, 1.165) is 17.3 Å². The van der Waals surface area contributed by atoms with Crippen molar-refractivity contribution in [2.45, 2.75) is 29.7 Å². The van der Waals surface area contributed by atoms with Crippen LogP contribution in [-0.4, -0.2) is 70.8 Å². The number of fused-ring (bicyclic) bond motifs is 3. The van der Waals surface area contributed by atoms with E-state index in [1.165, 1.54) is 8.97 Å². The van der Waals surface area contributed by atoms with E-state index in [4.69, 9.17) is 25.6 Å². The van der Waals surface area contributed by atoms with Crippen LogP contribution in [0.25, 0.3) is 28.2 Å². The predicted molar refractivity (Wildman–Crippen MR) is 128 cm³/mol. The molecule has 180 valence electrons. The monoisotopic (exact) mass is 534 g/mol. The molecule has 0 bridgehead atoms. The number of nitrogens with one attached hydrogen (secondary N) is 1. The fraction of sp³-hybridized carbons (Fsp3) is 0.300. The second kappa shape index (κ2) is 8.75. The molecule has 3 N–H and O–H groups in total. The summed E-state index contributed by atoms with van der Waals surface area (Å²) in [7, 11) is -1.57. The Morgan fingerprint density at radius 3 is 2.89 bits per heavy atom. The number of imidazole rings is 2. The molecule has 35 heavy (non-hydrogen) atoms. The summed E-state index contributed by atoms with van der Waals surface area (Å²) in [6.07, 6.45) is -1.89. The Bertz CT molecular complexity index is 1540. The molecule has 4 aromatic rings. The Balaban J connectivity index is 1.51. The van der Waals surface area contributed by atoms with Crippen LogP contribution < -0.4 is 5.56 Å². The van der Waals surface area contributed by atoms with Crippen LogP contribution in [0.4, 0.5) is 0 Å². The highest BCUT2D eigenvalue weighted by molar-refractivity contribution is 8.00. The molecule has 5 heterocycles. The largest absolute Gasteiger partial charge is 0.522 e. The molecule has 0 saturated carbocycles. The molecule has 2 aliphatic heterocycles. The fourth-order valence-corrected chi connectivity index (χ4v) is 6.20. The number of aromatic nitrogens is 5. The van der Waals surface area contributed by atoms with Crippen molar-refractivity contribution >= 4 is 53.6 Å². The first-order valence-electron chi connectivity index (χ1n) is 10.4. The minimum atomic E-state index is -1.57. The summed E-state index contributed by atoms with van der Waals surface area (Å²) < 4.78 is 19.8. The molecular weight excluding hydrogens is 517 g/mol. The van der Waals surface area contributed by atoms with Gasteiger partial charge in [-0.15, -0.1) is 9.05 Å². The molecule has 2 saturated heterocycles. The zero-order chi connectivity index (χ0) is 24.3. The number of aromatic amines is 1. The number of carbonyl (C=O) groups is 1. The van der Waals surface area contributed by atoms with Crippen molar-refractivity contribution < 1.29 is 28.8 Å². The van der Waals surface area contributed by atoms with Crippen LogP contribution in [0, 0.1) is 0 Å². The second-order valence-electron chi connectivity index (χ2n) is 7.91. The third-order valence-corrected chi connectivity index (χ3v) is 8.03. The Morgan fingerprint density at radius 1 is 1.31 bits per heavy atom. The summed E-state index contributed by atoms with van der Waals surface area (Å²) in [6, 6.07) is 9.45. The minimum Gasteiger partial charge on any atom is -0.481 e. The zero-order valence-electron chi connectivity index (χ0n) is 17.7. The van der Waals surface area contributed by atoms with Gasteiger partial charge in [-0.05, 0) is 5.56 Å². The fourth-order valence-electron chi connectivity index (χ4n) is 4.19. The van der Waals surface area contributed by atoms with Crippen LogP contribution in [0.3, 0.4) is 0 Å². The van der Waals surface area contributed by atoms with Crippen molar-refractivity contribution in [1.29, 1.82) is 0 Å². The van der Waals surface area contributed by atoms with Gasteiger partial charge in [-0.1, -0.05) is 42.1 Å².